The maximum absolute atomic E-state index is 10.4. The molecular weight excluding hydrogens is 326 g/mol. The molecular formula is C21H31N3O2. The van der Waals surface area contributed by atoms with E-state index in [4.69, 9.17) is 4.74 Å². The molecule has 1 fully saturated rings. The van der Waals surface area contributed by atoms with E-state index in [2.05, 4.69) is 53.2 Å². The van der Waals surface area contributed by atoms with E-state index in [0.29, 0.717) is 12.5 Å². The first-order valence-electron chi connectivity index (χ1n) is 9.62. The Bertz CT molecular complexity index is 698. The number of aliphatic hydroxyl groups is 1. The van der Waals surface area contributed by atoms with Gasteiger partial charge in [-0.15, -0.1) is 0 Å². The molecule has 0 saturated carbocycles. The zero-order chi connectivity index (χ0) is 18.5. The van der Waals surface area contributed by atoms with Crippen LogP contribution in [0.4, 0.5) is 0 Å². The molecule has 1 aliphatic rings. The van der Waals surface area contributed by atoms with Crippen LogP contribution in [-0.4, -0.2) is 46.0 Å². The molecule has 142 valence electrons. The van der Waals surface area contributed by atoms with Crippen LogP contribution in [0.1, 0.15) is 37.2 Å². The number of aryl methyl sites for hydroxylation is 1. The molecule has 0 aliphatic carbocycles. The van der Waals surface area contributed by atoms with E-state index in [1.54, 1.807) is 0 Å². The molecule has 0 amide bonds. The van der Waals surface area contributed by atoms with E-state index in [1.807, 2.05) is 13.0 Å². The van der Waals surface area contributed by atoms with Crippen LogP contribution in [0, 0.1) is 18.8 Å². The number of aliphatic hydroxyl groups excluding tert-OH is 1. The number of rotatable bonds is 8. The topological polar surface area (TPSA) is 61.4 Å². The lowest BCUT2D eigenvalue weighted by Gasteiger charge is -2.16. The van der Waals surface area contributed by atoms with Gasteiger partial charge in [-0.05, 0) is 49.4 Å². The predicted octanol–water partition coefficient (Wildman–Crippen LogP) is 3.18. The average molecular weight is 357 g/mol. The first-order valence-corrected chi connectivity index (χ1v) is 9.62. The average Bonchev–Trinajstić information content (AvgIpc) is 3.13. The molecule has 5 heteroatoms. The summed E-state index contributed by atoms with van der Waals surface area (Å²) < 4.78 is 5.87. The number of β-amino-alcohol motifs (C(OH)–C–C–N with tert-alkyl or cyclic N) is 1. The minimum absolute atomic E-state index is 0.239. The molecule has 3 rings (SSSR count). The molecule has 0 spiro atoms. The highest BCUT2D eigenvalue weighted by Crippen LogP contribution is 2.24. The highest BCUT2D eigenvalue weighted by atomic mass is 16.5. The summed E-state index contributed by atoms with van der Waals surface area (Å²) >= 11 is 0. The summed E-state index contributed by atoms with van der Waals surface area (Å²) in [6.45, 7) is 9.63. The fourth-order valence-electron chi connectivity index (χ4n) is 3.52. The van der Waals surface area contributed by atoms with E-state index < -0.39 is 0 Å². The molecule has 2 atom stereocenters. The molecule has 26 heavy (non-hydrogen) atoms. The van der Waals surface area contributed by atoms with Gasteiger partial charge in [-0.25, -0.2) is 0 Å². The fourth-order valence-corrected chi connectivity index (χ4v) is 3.52. The summed E-state index contributed by atoms with van der Waals surface area (Å²) in [5.74, 6) is 1.83. The van der Waals surface area contributed by atoms with Gasteiger partial charge in [-0.1, -0.05) is 26.0 Å². The van der Waals surface area contributed by atoms with Crippen LogP contribution in [0.2, 0.25) is 0 Å². The molecule has 2 aromatic rings. The third kappa shape index (κ3) is 5.32. The number of aromatic nitrogens is 2. The molecule has 5 nitrogen and oxygen atoms in total. The molecule has 1 aromatic carbocycles. The molecule has 1 aromatic heterocycles. The van der Waals surface area contributed by atoms with Gasteiger partial charge in [0.2, 0.25) is 0 Å². The van der Waals surface area contributed by atoms with Crippen LogP contribution in [0.25, 0.3) is 0 Å². The Morgan fingerprint density at radius 1 is 1.31 bits per heavy atom. The van der Waals surface area contributed by atoms with Gasteiger partial charge >= 0.3 is 0 Å². The van der Waals surface area contributed by atoms with Crippen molar-refractivity contribution in [3.63, 3.8) is 0 Å². The summed E-state index contributed by atoms with van der Waals surface area (Å²) in [5, 5.41) is 17.7. The third-order valence-electron chi connectivity index (χ3n) is 4.98. The normalized spacial score (nSPS) is 20.8. The van der Waals surface area contributed by atoms with Crippen LogP contribution >= 0.6 is 0 Å². The standard InChI is InChI=1S/C21H31N3O2/c1-15(2)7-8-26-20-6-4-5-17(10-20)12-24-13-18(21(25)14-24)11-19-9-16(3)22-23-19/h4-6,9-10,15,18,21,25H,7-8,11-14H2,1-3H3,(H,22,23)/t18-,21-/m1/s1. The van der Waals surface area contributed by atoms with Crippen molar-refractivity contribution in [1.29, 1.82) is 0 Å². The Labute approximate surface area is 156 Å². The van der Waals surface area contributed by atoms with Crippen molar-refractivity contribution in [2.45, 2.75) is 46.3 Å². The van der Waals surface area contributed by atoms with Gasteiger partial charge < -0.3 is 9.84 Å². The van der Waals surface area contributed by atoms with Crippen molar-refractivity contribution in [2.75, 3.05) is 19.7 Å². The Balaban J connectivity index is 1.52. The maximum atomic E-state index is 10.4. The number of hydrogen-bond acceptors (Lipinski definition) is 4. The van der Waals surface area contributed by atoms with E-state index >= 15 is 0 Å². The second-order valence-electron chi connectivity index (χ2n) is 7.95. The number of likely N-dealkylation sites (tertiary alicyclic amines) is 1. The van der Waals surface area contributed by atoms with Gasteiger partial charge in [-0.2, -0.15) is 5.10 Å². The number of nitrogens with one attached hydrogen (secondary N) is 1. The molecule has 0 radical (unpaired) electrons. The Hall–Kier alpha value is -1.85. The lowest BCUT2D eigenvalue weighted by molar-refractivity contribution is 0.140. The number of ether oxygens (including phenoxy) is 1. The Morgan fingerprint density at radius 3 is 2.88 bits per heavy atom. The largest absolute Gasteiger partial charge is 0.494 e. The summed E-state index contributed by atoms with van der Waals surface area (Å²) in [6.07, 6.45) is 1.59. The van der Waals surface area contributed by atoms with E-state index in [9.17, 15) is 5.11 Å². The molecule has 0 bridgehead atoms. The van der Waals surface area contributed by atoms with Gasteiger partial charge in [0, 0.05) is 31.2 Å². The fraction of sp³-hybridized carbons (Fsp3) is 0.571. The van der Waals surface area contributed by atoms with E-state index in [0.717, 1.165) is 49.7 Å². The second-order valence-corrected chi connectivity index (χ2v) is 7.95. The van der Waals surface area contributed by atoms with Gasteiger partial charge in [0.1, 0.15) is 5.75 Å². The van der Waals surface area contributed by atoms with Crippen molar-refractivity contribution in [1.82, 2.24) is 15.1 Å². The molecule has 1 saturated heterocycles. The lowest BCUT2D eigenvalue weighted by Crippen LogP contribution is -2.21. The maximum Gasteiger partial charge on any atom is 0.119 e. The Kier molecular flexibility index (Phi) is 6.33. The van der Waals surface area contributed by atoms with Crippen LogP contribution in [0.3, 0.4) is 0 Å². The summed E-state index contributed by atoms with van der Waals surface area (Å²) in [4.78, 5) is 2.32. The van der Waals surface area contributed by atoms with Gasteiger partial charge in [0.15, 0.2) is 0 Å². The molecule has 0 unspecified atom stereocenters. The summed E-state index contributed by atoms with van der Waals surface area (Å²) in [5.41, 5.74) is 3.34. The number of hydrogen-bond donors (Lipinski definition) is 2. The van der Waals surface area contributed by atoms with Crippen LogP contribution in [0.15, 0.2) is 30.3 Å². The number of benzene rings is 1. The minimum Gasteiger partial charge on any atom is -0.494 e. The quantitative estimate of drug-likeness (QED) is 0.762. The predicted molar refractivity (Wildman–Crippen MR) is 103 cm³/mol. The highest BCUT2D eigenvalue weighted by molar-refractivity contribution is 5.28. The van der Waals surface area contributed by atoms with E-state index in [1.165, 1.54) is 5.56 Å². The first kappa shape index (κ1) is 18.9. The zero-order valence-corrected chi connectivity index (χ0v) is 16.1. The van der Waals surface area contributed by atoms with Crippen molar-refractivity contribution >= 4 is 0 Å². The molecule has 2 heterocycles. The van der Waals surface area contributed by atoms with Crippen LogP contribution in [-0.2, 0) is 13.0 Å². The highest BCUT2D eigenvalue weighted by Gasteiger charge is 2.31. The van der Waals surface area contributed by atoms with Gasteiger partial charge in [0.25, 0.3) is 0 Å². The first-order chi connectivity index (χ1) is 12.5. The number of nitrogens with zero attached hydrogens (tertiary/aromatic N) is 2. The van der Waals surface area contributed by atoms with Crippen molar-refractivity contribution in [2.24, 2.45) is 11.8 Å². The summed E-state index contributed by atoms with van der Waals surface area (Å²) in [6, 6.07) is 10.4. The van der Waals surface area contributed by atoms with Crippen LogP contribution in [0.5, 0.6) is 5.75 Å². The number of H-pyrrole nitrogens is 1. The van der Waals surface area contributed by atoms with E-state index in [-0.39, 0.29) is 12.0 Å². The molecule has 1 aliphatic heterocycles. The second kappa shape index (κ2) is 8.69. The SMILES string of the molecule is Cc1cc(C[C@@H]2CN(Cc3cccc(OCCC(C)C)c3)C[C@H]2O)n[nH]1. The van der Waals surface area contributed by atoms with Crippen LogP contribution < -0.4 is 4.74 Å². The minimum atomic E-state index is -0.294. The lowest BCUT2D eigenvalue weighted by atomic mass is 10.0. The van der Waals surface area contributed by atoms with Crippen molar-refractivity contribution in [3.8, 4) is 5.75 Å². The Morgan fingerprint density at radius 2 is 2.15 bits per heavy atom. The summed E-state index contributed by atoms with van der Waals surface area (Å²) in [7, 11) is 0. The smallest absolute Gasteiger partial charge is 0.119 e. The third-order valence-corrected chi connectivity index (χ3v) is 4.98. The molecule has 2 N–H and O–H groups in total. The van der Waals surface area contributed by atoms with Gasteiger partial charge in [-0.3, -0.25) is 10.00 Å². The zero-order valence-electron chi connectivity index (χ0n) is 16.1. The van der Waals surface area contributed by atoms with Crippen molar-refractivity contribution < 1.29 is 9.84 Å². The number of aromatic amines is 1. The van der Waals surface area contributed by atoms with Crippen molar-refractivity contribution in [3.05, 3.63) is 47.3 Å². The van der Waals surface area contributed by atoms with Gasteiger partial charge in [0.05, 0.1) is 18.4 Å². The monoisotopic (exact) mass is 357 g/mol.